The Hall–Kier alpha value is -2.82. The first-order valence-corrected chi connectivity index (χ1v) is 6.35. The molecule has 2 N–H and O–H groups in total. The summed E-state index contributed by atoms with van der Waals surface area (Å²) in [5.74, 6) is -1.04. The molecule has 0 aliphatic heterocycles. The molecule has 0 saturated heterocycles. The maximum atomic E-state index is 11.9. The maximum absolute atomic E-state index is 11.9. The van der Waals surface area contributed by atoms with Crippen molar-refractivity contribution in [3.63, 3.8) is 0 Å². The minimum atomic E-state index is -1.07. The minimum absolute atomic E-state index is 0.0542. The molecule has 0 heterocycles. The molecule has 5 heteroatoms. The van der Waals surface area contributed by atoms with Gasteiger partial charge >= 0.3 is 5.97 Å². The Bertz CT molecular complexity index is 653. The van der Waals surface area contributed by atoms with Gasteiger partial charge < -0.3 is 15.2 Å². The fourth-order valence-electron chi connectivity index (χ4n) is 1.93. The Kier molecular flexibility index (Phi) is 4.56. The third-order valence-corrected chi connectivity index (χ3v) is 2.92. The van der Waals surface area contributed by atoms with Crippen LogP contribution in [0.25, 0.3) is 0 Å². The molecule has 2 rings (SSSR count). The third kappa shape index (κ3) is 3.82. The maximum Gasteiger partial charge on any atom is 0.339 e. The van der Waals surface area contributed by atoms with E-state index in [2.05, 4.69) is 5.32 Å². The number of carboxylic acids is 1. The summed E-state index contributed by atoms with van der Waals surface area (Å²) in [4.78, 5) is 22.9. The van der Waals surface area contributed by atoms with Gasteiger partial charge in [-0.15, -0.1) is 0 Å². The average Bonchev–Trinajstić information content (AvgIpc) is 2.47. The number of rotatable bonds is 5. The van der Waals surface area contributed by atoms with E-state index in [1.165, 1.54) is 25.3 Å². The normalized spacial score (nSPS) is 9.95. The summed E-state index contributed by atoms with van der Waals surface area (Å²) in [5.41, 5.74) is 1.46. The molecular weight excluding hydrogens is 270 g/mol. The molecule has 1 amide bonds. The van der Waals surface area contributed by atoms with Gasteiger partial charge in [0.25, 0.3) is 0 Å². The lowest BCUT2D eigenvalue weighted by Gasteiger charge is -2.09. The van der Waals surface area contributed by atoms with E-state index in [-0.39, 0.29) is 23.6 Å². The number of ether oxygens (including phenoxy) is 1. The van der Waals surface area contributed by atoms with Crippen LogP contribution < -0.4 is 10.1 Å². The number of amides is 1. The zero-order valence-corrected chi connectivity index (χ0v) is 11.5. The molecule has 0 unspecified atom stereocenters. The number of benzene rings is 2. The van der Waals surface area contributed by atoms with Crippen LogP contribution in [0.3, 0.4) is 0 Å². The largest absolute Gasteiger partial charge is 0.496 e. The standard InChI is InChI=1S/C16H15NO4/c1-21-14-10-12(7-8-13(14)16(19)20)17-15(18)9-11-5-3-2-4-6-11/h2-8,10H,9H2,1H3,(H,17,18)(H,19,20). The molecule has 0 spiro atoms. The highest BCUT2D eigenvalue weighted by Crippen LogP contribution is 2.23. The first-order valence-electron chi connectivity index (χ1n) is 6.35. The summed E-state index contributed by atoms with van der Waals surface area (Å²) in [6.07, 6.45) is 0.254. The van der Waals surface area contributed by atoms with Crippen molar-refractivity contribution < 1.29 is 19.4 Å². The molecule has 5 nitrogen and oxygen atoms in total. The quantitative estimate of drug-likeness (QED) is 0.885. The highest BCUT2D eigenvalue weighted by Gasteiger charge is 2.12. The Balaban J connectivity index is 2.09. The van der Waals surface area contributed by atoms with Gasteiger partial charge in [0.15, 0.2) is 0 Å². The highest BCUT2D eigenvalue weighted by atomic mass is 16.5. The number of carbonyl (C=O) groups is 2. The third-order valence-electron chi connectivity index (χ3n) is 2.92. The molecule has 2 aromatic rings. The fourth-order valence-corrected chi connectivity index (χ4v) is 1.93. The Morgan fingerprint density at radius 2 is 1.86 bits per heavy atom. The average molecular weight is 285 g/mol. The lowest BCUT2D eigenvalue weighted by Crippen LogP contribution is -2.14. The minimum Gasteiger partial charge on any atom is -0.496 e. The number of hydrogen-bond donors (Lipinski definition) is 2. The number of carboxylic acid groups (broad SMARTS) is 1. The van der Waals surface area contributed by atoms with Crippen LogP contribution in [-0.2, 0) is 11.2 Å². The van der Waals surface area contributed by atoms with Crippen LogP contribution in [0.1, 0.15) is 15.9 Å². The Morgan fingerprint density at radius 3 is 2.48 bits per heavy atom. The molecule has 0 aliphatic rings. The van der Waals surface area contributed by atoms with Gasteiger partial charge in [0.1, 0.15) is 11.3 Å². The summed E-state index contributed by atoms with van der Waals surface area (Å²) in [6, 6.07) is 13.8. The zero-order chi connectivity index (χ0) is 15.2. The van der Waals surface area contributed by atoms with Gasteiger partial charge in [0.2, 0.25) is 5.91 Å². The van der Waals surface area contributed by atoms with Crippen LogP contribution >= 0.6 is 0 Å². The molecule has 0 fully saturated rings. The number of methoxy groups -OCH3 is 1. The van der Waals surface area contributed by atoms with Crippen molar-refractivity contribution in [3.8, 4) is 5.75 Å². The van der Waals surface area contributed by atoms with Crippen LogP contribution in [-0.4, -0.2) is 24.1 Å². The molecule has 0 aromatic heterocycles. The van der Waals surface area contributed by atoms with Gasteiger partial charge in [-0.3, -0.25) is 4.79 Å². The SMILES string of the molecule is COc1cc(NC(=O)Cc2ccccc2)ccc1C(=O)O. The van der Waals surface area contributed by atoms with E-state index < -0.39 is 5.97 Å². The summed E-state index contributed by atoms with van der Waals surface area (Å²) < 4.78 is 5.02. The second-order valence-corrected chi connectivity index (χ2v) is 4.43. The van der Waals surface area contributed by atoms with Gasteiger partial charge in [0.05, 0.1) is 13.5 Å². The molecule has 0 saturated carbocycles. The van der Waals surface area contributed by atoms with Crippen molar-refractivity contribution in [1.82, 2.24) is 0 Å². The second-order valence-electron chi connectivity index (χ2n) is 4.43. The Labute approximate surface area is 122 Å². The van der Waals surface area contributed by atoms with E-state index >= 15 is 0 Å². The first kappa shape index (κ1) is 14.6. The number of carbonyl (C=O) groups excluding carboxylic acids is 1. The smallest absolute Gasteiger partial charge is 0.339 e. The molecule has 21 heavy (non-hydrogen) atoms. The van der Waals surface area contributed by atoms with E-state index in [4.69, 9.17) is 9.84 Å². The van der Waals surface area contributed by atoms with Crippen LogP contribution in [0.2, 0.25) is 0 Å². The van der Waals surface area contributed by atoms with Gasteiger partial charge in [-0.05, 0) is 17.7 Å². The zero-order valence-electron chi connectivity index (χ0n) is 11.5. The van der Waals surface area contributed by atoms with Gasteiger partial charge in [-0.1, -0.05) is 30.3 Å². The number of aromatic carboxylic acids is 1. The van der Waals surface area contributed by atoms with Crippen molar-refractivity contribution in [2.24, 2.45) is 0 Å². The molecule has 0 atom stereocenters. The van der Waals surface area contributed by atoms with Crippen LogP contribution in [0.15, 0.2) is 48.5 Å². The second kappa shape index (κ2) is 6.56. The summed E-state index contributed by atoms with van der Waals surface area (Å²) in [7, 11) is 1.39. The van der Waals surface area contributed by atoms with Crippen molar-refractivity contribution in [1.29, 1.82) is 0 Å². The Morgan fingerprint density at radius 1 is 1.14 bits per heavy atom. The van der Waals surface area contributed by atoms with E-state index in [0.29, 0.717) is 5.69 Å². The summed E-state index contributed by atoms with van der Waals surface area (Å²) in [6.45, 7) is 0. The van der Waals surface area contributed by atoms with Gasteiger partial charge in [0, 0.05) is 11.8 Å². The van der Waals surface area contributed by atoms with Crippen LogP contribution in [0.4, 0.5) is 5.69 Å². The van der Waals surface area contributed by atoms with E-state index in [0.717, 1.165) is 5.56 Å². The molecule has 0 bridgehead atoms. The predicted octanol–water partition coefficient (Wildman–Crippen LogP) is 2.57. The molecule has 2 aromatic carbocycles. The fraction of sp³-hybridized carbons (Fsp3) is 0.125. The molecule has 0 aliphatic carbocycles. The number of hydrogen-bond acceptors (Lipinski definition) is 3. The lowest BCUT2D eigenvalue weighted by molar-refractivity contribution is -0.115. The van der Waals surface area contributed by atoms with Crippen LogP contribution in [0.5, 0.6) is 5.75 Å². The van der Waals surface area contributed by atoms with E-state index in [1.807, 2.05) is 30.3 Å². The topological polar surface area (TPSA) is 75.6 Å². The lowest BCUT2D eigenvalue weighted by atomic mass is 10.1. The molecule has 108 valence electrons. The van der Waals surface area contributed by atoms with Gasteiger partial charge in [-0.2, -0.15) is 0 Å². The first-order chi connectivity index (χ1) is 10.1. The van der Waals surface area contributed by atoms with Gasteiger partial charge in [-0.25, -0.2) is 4.79 Å². The highest BCUT2D eigenvalue weighted by molar-refractivity contribution is 5.95. The van der Waals surface area contributed by atoms with E-state index in [9.17, 15) is 9.59 Å². The summed E-state index contributed by atoms with van der Waals surface area (Å²) in [5, 5.41) is 11.7. The molecular formula is C16H15NO4. The summed E-state index contributed by atoms with van der Waals surface area (Å²) >= 11 is 0. The van der Waals surface area contributed by atoms with Crippen molar-refractivity contribution in [2.75, 3.05) is 12.4 Å². The number of nitrogens with one attached hydrogen (secondary N) is 1. The molecule has 0 radical (unpaired) electrons. The van der Waals surface area contributed by atoms with Crippen molar-refractivity contribution in [3.05, 3.63) is 59.7 Å². The number of anilines is 1. The van der Waals surface area contributed by atoms with Crippen LogP contribution in [0, 0.1) is 0 Å². The van der Waals surface area contributed by atoms with Crippen molar-refractivity contribution in [2.45, 2.75) is 6.42 Å². The monoisotopic (exact) mass is 285 g/mol. The van der Waals surface area contributed by atoms with Crippen molar-refractivity contribution >= 4 is 17.6 Å². The predicted molar refractivity (Wildman–Crippen MR) is 78.7 cm³/mol. The van der Waals surface area contributed by atoms with E-state index in [1.54, 1.807) is 0 Å².